The highest BCUT2D eigenvalue weighted by Crippen LogP contribution is 2.44. The third-order valence-electron chi connectivity index (χ3n) is 3.57. The summed E-state index contributed by atoms with van der Waals surface area (Å²) in [5.74, 6) is -1.03. The van der Waals surface area contributed by atoms with Gasteiger partial charge in [0.05, 0.1) is 0 Å². The molecule has 0 amide bonds. The number of aliphatic carboxylic acids is 1. The molecule has 0 saturated carbocycles. The van der Waals surface area contributed by atoms with Gasteiger partial charge in [-0.1, -0.05) is 19.9 Å². The van der Waals surface area contributed by atoms with Gasteiger partial charge in [0.25, 0.3) is 0 Å². The summed E-state index contributed by atoms with van der Waals surface area (Å²) in [5.41, 5.74) is -0.758. The number of hydrogen-bond donors (Lipinski definition) is 2. The Morgan fingerprint density at radius 2 is 2.00 bits per heavy atom. The highest BCUT2D eigenvalue weighted by atomic mass is 16.4. The molecule has 0 aromatic carbocycles. The van der Waals surface area contributed by atoms with Crippen molar-refractivity contribution in [3.05, 3.63) is 35.5 Å². The van der Waals surface area contributed by atoms with Crippen LogP contribution in [-0.2, 0) is 9.59 Å². The molecular weight excluding hydrogens is 244 g/mol. The average Bonchev–Trinajstić information content (AvgIpc) is 2.21. The van der Waals surface area contributed by atoms with E-state index in [1.54, 1.807) is 26.0 Å². The van der Waals surface area contributed by atoms with Crippen molar-refractivity contribution in [2.24, 2.45) is 5.41 Å². The minimum absolute atomic E-state index is 0.00150. The lowest BCUT2D eigenvalue weighted by Gasteiger charge is -2.43. The number of ketones is 1. The van der Waals surface area contributed by atoms with Gasteiger partial charge in [-0.2, -0.15) is 0 Å². The molecule has 1 aliphatic carbocycles. The van der Waals surface area contributed by atoms with Gasteiger partial charge in [0.15, 0.2) is 5.78 Å². The maximum atomic E-state index is 11.6. The molecule has 104 valence electrons. The minimum Gasteiger partial charge on any atom is -0.478 e. The summed E-state index contributed by atoms with van der Waals surface area (Å²) in [6, 6.07) is 0. The van der Waals surface area contributed by atoms with Gasteiger partial charge in [-0.15, -0.1) is 0 Å². The standard InChI is InChI=1S/C15H20O4/c1-10(7-13(17)18)5-6-15(19)11(2)8-12(16)9-14(15,3)4/h5-8,19H,9H2,1-4H3,(H,17,18)/b6-5+,10-7-/t15-/m0/s1. The highest BCUT2D eigenvalue weighted by Gasteiger charge is 2.46. The maximum absolute atomic E-state index is 11.6. The van der Waals surface area contributed by atoms with Crippen LogP contribution in [0.2, 0.25) is 0 Å². The van der Waals surface area contributed by atoms with E-state index in [1.165, 1.54) is 6.08 Å². The number of carbonyl (C=O) groups excluding carboxylic acids is 1. The first-order valence-corrected chi connectivity index (χ1v) is 6.13. The maximum Gasteiger partial charge on any atom is 0.328 e. The number of carbonyl (C=O) groups is 2. The zero-order valence-corrected chi connectivity index (χ0v) is 11.7. The summed E-state index contributed by atoms with van der Waals surface area (Å²) in [5, 5.41) is 19.4. The zero-order valence-electron chi connectivity index (χ0n) is 11.7. The Kier molecular flexibility index (Phi) is 4.15. The van der Waals surface area contributed by atoms with Gasteiger partial charge in [0, 0.05) is 17.9 Å². The number of hydrogen-bond acceptors (Lipinski definition) is 3. The van der Waals surface area contributed by atoms with Crippen LogP contribution >= 0.6 is 0 Å². The fourth-order valence-electron chi connectivity index (χ4n) is 2.36. The molecule has 0 saturated heterocycles. The van der Waals surface area contributed by atoms with Crippen LogP contribution in [-0.4, -0.2) is 27.6 Å². The van der Waals surface area contributed by atoms with Crippen LogP contribution in [0.4, 0.5) is 0 Å². The molecule has 0 spiro atoms. The van der Waals surface area contributed by atoms with E-state index in [-0.39, 0.29) is 12.2 Å². The molecular formula is C15H20O4. The monoisotopic (exact) mass is 264 g/mol. The summed E-state index contributed by atoms with van der Waals surface area (Å²) >= 11 is 0. The van der Waals surface area contributed by atoms with Crippen molar-refractivity contribution < 1.29 is 19.8 Å². The molecule has 1 rings (SSSR count). The van der Waals surface area contributed by atoms with Crippen molar-refractivity contribution in [2.45, 2.75) is 39.7 Å². The predicted octanol–water partition coefficient (Wildman–Crippen LogP) is 2.25. The van der Waals surface area contributed by atoms with Crippen LogP contribution in [0.5, 0.6) is 0 Å². The van der Waals surface area contributed by atoms with Crippen LogP contribution in [0.1, 0.15) is 34.1 Å². The number of carboxylic acid groups (broad SMARTS) is 1. The Labute approximate surface area is 113 Å². The molecule has 0 radical (unpaired) electrons. The van der Waals surface area contributed by atoms with Gasteiger partial charge in [0.1, 0.15) is 5.60 Å². The van der Waals surface area contributed by atoms with E-state index >= 15 is 0 Å². The largest absolute Gasteiger partial charge is 0.478 e. The summed E-state index contributed by atoms with van der Waals surface area (Å²) in [7, 11) is 0. The third-order valence-corrected chi connectivity index (χ3v) is 3.57. The lowest BCUT2D eigenvalue weighted by atomic mass is 9.64. The first-order valence-electron chi connectivity index (χ1n) is 6.13. The Morgan fingerprint density at radius 1 is 1.42 bits per heavy atom. The van der Waals surface area contributed by atoms with E-state index in [0.717, 1.165) is 6.08 Å². The molecule has 19 heavy (non-hydrogen) atoms. The van der Waals surface area contributed by atoms with Crippen molar-refractivity contribution in [1.82, 2.24) is 0 Å². The van der Waals surface area contributed by atoms with E-state index in [1.807, 2.05) is 13.8 Å². The molecule has 0 fully saturated rings. The fraction of sp³-hybridized carbons (Fsp3) is 0.467. The molecule has 0 aromatic heterocycles. The van der Waals surface area contributed by atoms with E-state index < -0.39 is 17.0 Å². The lowest BCUT2D eigenvalue weighted by molar-refractivity contribution is -0.131. The van der Waals surface area contributed by atoms with Gasteiger partial charge in [0.2, 0.25) is 0 Å². The normalized spacial score (nSPS) is 27.5. The van der Waals surface area contributed by atoms with Crippen molar-refractivity contribution in [2.75, 3.05) is 0 Å². The quantitative estimate of drug-likeness (QED) is 0.605. The minimum atomic E-state index is -1.24. The number of rotatable bonds is 3. The van der Waals surface area contributed by atoms with Gasteiger partial charge in [-0.3, -0.25) is 4.79 Å². The van der Waals surface area contributed by atoms with Crippen LogP contribution in [0, 0.1) is 5.41 Å². The van der Waals surface area contributed by atoms with E-state index in [9.17, 15) is 14.7 Å². The Balaban J connectivity index is 3.15. The Morgan fingerprint density at radius 3 is 2.47 bits per heavy atom. The number of carboxylic acids is 1. The van der Waals surface area contributed by atoms with E-state index in [2.05, 4.69) is 0 Å². The molecule has 0 bridgehead atoms. The van der Waals surface area contributed by atoms with Crippen LogP contribution in [0.15, 0.2) is 35.5 Å². The molecule has 2 N–H and O–H groups in total. The summed E-state index contributed by atoms with van der Waals surface area (Å²) in [4.78, 5) is 22.1. The van der Waals surface area contributed by atoms with E-state index in [0.29, 0.717) is 11.1 Å². The molecule has 4 heteroatoms. The van der Waals surface area contributed by atoms with Crippen LogP contribution in [0.3, 0.4) is 0 Å². The first-order chi connectivity index (χ1) is 8.58. The van der Waals surface area contributed by atoms with E-state index in [4.69, 9.17) is 5.11 Å². The zero-order chi connectivity index (χ0) is 14.8. The fourth-order valence-corrected chi connectivity index (χ4v) is 2.36. The average molecular weight is 264 g/mol. The second kappa shape index (κ2) is 5.13. The predicted molar refractivity (Wildman–Crippen MR) is 72.6 cm³/mol. The Bertz CT molecular complexity index is 494. The SMILES string of the molecule is CC1=CC(=O)CC(C)(C)[C@]1(O)/C=C/C(C)=C\C(=O)O. The molecule has 0 aromatic rings. The van der Waals surface area contributed by atoms with Gasteiger partial charge >= 0.3 is 5.97 Å². The smallest absolute Gasteiger partial charge is 0.328 e. The Hall–Kier alpha value is -1.68. The summed E-state index contributed by atoms with van der Waals surface area (Å²) in [6.45, 7) is 7.00. The third kappa shape index (κ3) is 3.20. The summed E-state index contributed by atoms with van der Waals surface area (Å²) < 4.78 is 0. The van der Waals surface area contributed by atoms with Gasteiger partial charge in [-0.25, -0.2) is 4.79 Å². The van der Waals surface area contributed by atoms with Crippen molar-refractivity contribution in [3.8, 4) is 0 Å². The van der Waals surface area contributed by atoms with Crippen LogP contribution in [0.25, 0.3) is 0 Å². The molecule has 4 nitrogen and oxygen atoms in total. The first kappa shape index (κ1) is 15.4. The highest BCUT2D eigenvalue weighted by molar-refractivity contribution is 5.92. The molecule has 1 atom stereocenters. The van der Waals surface area contributed by atoms with Crippen molar-refractivity contribution in [1.29, 1.82) is 0 Å². The summed E-state index contributed by atoms with van der Waals surface area (Å²) in [6.07, 6.45) is 5.92. The van der Waals surface area contributed by atoms with Crippen molar-refractivity contribution >= 4 is 11.8 Å². The van der Waals surface area contributed by atoms with Crippen LogP contribution < -0.4 is 0 Å². The molecule has 0 aliphatic heterocycles. The van der Waals surface area contributed by atoms with Gasteiger partial charge in [-0.05, 0) is 37.1 Å². The number of allylic oxidation sites excluding steroid dienone is 3. The lowest BCUT2D eigenvalue weighted by Crippen LogP contribution is -2.48. The topological polar surface area (TPSA) is 74.6 Å². The molecule has 1 aliphatic rings. The van der Waals surface area contributed by atoms with Gasteiger partial charge < -0.3 is 10.2 Å². The van der Waals surface area contributed by atoms with Crippen molar-refractivity contribution in [3.63, 3.8) is 0 Å². The molecule has 0 heterocycles. The number of aliphatic hydroxyl groups is 1. The second-order valence-corrected chi connectivity index (χ2v) is 5.68. The molecule has 0 unspecified atom stereocenters. The second-order valence-electron chi connectivity index (χ2n) is 5.68.